The maximum atomic E-state index is 10.4. The van der Waals surface area contributed by atoms with Crippen LogP contribution < -0.4 is 4.74 Å². The van der Waals surface area contributed by atoms with E-state index in [1.165, 1.54) is 5.56 Å². The van der Waals surface area contributed by atoms with E-state index < -0.39 is 6.10 Å². The first-order valence-electron chi connectivity index (χ1n) is 6.89. The summed E-state index contributed by atoms with van der Waals surface area (Å²) in [5.74, 6) is 1.39. The van der Waals surface area contributed by atoms with Gasteiger partial charge in [-0.25, -0.2) is 0 Å². The molecule has 0 saturated carbocycles. The molecule has 2 aliphatic rings. The summed E-state index contributed by atoms with van der Waals surface area (Å²) in [4.78, 5) is 0. The third kappa shape index (κ3) is 2.67. The average molecular weight is 327 g/mol. The van der Waals surface area contributed by atoms with Crippen molar-refractivity contribution in [3.8, 4) is 5.75 Å². The minimum Gasteiger partial charge on any atom is -0.493 e. The van der Waals surface area contributed by atoms with Gasteiger partial charge in [-0.3, -0.25) is 0 Å². The third-order valence-corrected chi connectivity index (χ3v) is 4.54. The second-order valence-electron chi connectivity index (χ2n) is 5.52. The van der Waals surface area contributed by atoms with Crippen molar-refractivity contribution in [2.45, 2.75) is 38.4 Å². The predicted octanol–water partition coefficient (Wildman–Crippen LogP) is 2.71. The van der Waals surface area contributed by atoms with E-state index in [0.29, 0.717) is 12.3 Å². The fourth-order valence-corrected chi connectivity index (χ4v) is 3.60. The topological polar surface area (TPSA) is 38.7 Å². The molecule has 0 amide bonds. The number of aliphatic hydroxyl groups excluding tert-OH is 1. The highest BCUT2D eigenvalue weighted by Gasteiger charge is 2.32. The van der Waals surface area contributed by atoms with Crippen LogP contribution in [0.2, 0.25) is 0 Å². The molecule has 1 fully saturated rings. The van der Waals surface area contributed by atoms with E-state index in [-0.39, 0.29) is 6.10 Å². The molecular formula is C15H19BrO3. The van der Waals surface area contributed by atoms with Crippen LogP contribution in [-0.2, 0) is 17.6 Å². The summed E-state index contributed by atoms with van der Waals surface area (Å²) in [6, 6.07) is 4.15. The van der Waals surface area contributed by atoms with Gasteiger partial charge < -0.3 is 14.6 Å². The fourth-order valence-electron chi connectivity index (χ4n) is 3.05. The Morgan fingerprint density at radius 2 is 2.26 bits per heavy atom. The Bertz CT molecular complexity index is 475. The largest absolute Gasteiger partial charge is 0.493 e. The number of benzene rings is 1. The fraction of sp³-hybridized carbons (Fsp3) is 0.600. The SMILES string of the molecule is CC1CCOC1C(O)Cc1cc(Br)cc2c1OCC2. The molecule has 19 heavy (non-hydrogen) atoms. The van der Waals surface area contributed by atoms with Crippen molar-refractivity contribution in [3.05, 3.63) is 27.7 Å². The van der Waals surface area contributed by atoms with Gasteiger partial charge in [-0.1, -0.05) is 22.9 Å². The lowest BCUT2D eigenvalue weighted by Gasteiger charge is -2.22. The lowest BCUT2D eigenvalue weighted by atomic mass is 9.94. The van der Waals surface area contributed by atoms with Crippen molar-refractivity contribution in [1.29, 1.82) is 0 Å². The van der Waals surface area contributed by atoms with Gasteiger partial charge >= 0.3 is 0 Å². The maximum Gasteiger partial charge on any atom is 0.125 e. The Kier molecular flexibility index (Phi) is 3.83. The van der Waals surface area contributed by atoms with Gasteiger partial charge in [-0.2, -0.15) is 0 Å². The van der Waals surface area contributed by atoms with Crippen molar-refractivity contribution in [2.75, 3.05) is 13.2 Å². The molecule has 0 radical (unpaired) electrons. The standard InChI is InChI=1S/C15H19BrO3/c1-9-2-4-18-14(9)13(17)8-11-7-12(16)6-10-3-5-19-15(10)11/h6-7,9,13-14,17H,2-5,8H2,1H3. The molecule has 3 rings (SSSR count). The summed E-state index contributed by atoms with van der Waals surface area (Å²) in [5.41, 5.74) is 2.31. The monoisotopic (exact) mass is 326 g/mol. The van der Waals surface area contributed by atoms with Gasteiger partial charge in [-0.05, 0) is 35.6 Å². The highest BCUT2D eigenvalue weighted by atomic mass is 79.9. The number of halogens is 1. The van der Waals surface area contributed by atoms with E-state index in [1.54, 1.807) is 0 Å². The van der Waals surface area contributed by atoms with E-state index in [0.717, 1.165) is 41.8 Å². The summed E-state index contributed by atoms with van der Waals surface area (Å²) in [6.07, 6.45) is 2.08. The smallest absolute Gasteiger partial charge is 0.125 e. The Hall–Kier alpha value is -0.580. The van der Waals surface area contributed by atoms with Gasteiger partial charge in [0.2, 0.25) is 0 Å². The summed E-state index contributed by atoms with van der Waals surface area (Å²) >= 11 is 3.53. The van der Waals surface area contributed by atoms with E-state index in [4.69, 9.17) is 9.47 Å². The molecule has 1 N–H and O–H groups in total. The molecule has 1 aromatic carbocycles. The summed E-state index contributed by atoms with van der Waals surface area (Å²) in [6.45, 7) is 3.64. The van der Waals surface area contributed by atoms with Crippen LogP contribution in [-0.4, -0.2) is 30.5 Å². The quantitative estimate of drug-likeness (QED) is 0.928. The minimum atomic E-state index is -0.458. The number of rotatable bonds is 3. The van der Waals surface area contributed by atoms with Crippen molar-refractivity contribution in [2.24, 2.45) is 5.92 Å². The van der Waals surface area contributed by atoms with Gasteiger partial charge in [0.1, 0.15) is 5.75 Å². The second-order valence-corrected chi connectivity index (χ2v) is 6.44. The van der Waals surface area contributed by atoms with Crippen LogP contribution in [0.15, 0.2) is 16.6 Å². The molecule has 2 aliphatic heterocycles. The number of ether oxygens (including phenoxy) is 2. The molecule has 104 valence electrons. The van der Waals surface area contributed by atoms with Crippen molar-refractivity contribution in [1.82, 2.24) is 0 Å². The Labute approximate surface area is 122 Å². The van der Waals surface area contributed by atoms with Crippen LogP contribution >= 0.6 is 15.9 Å². The van der Waals surface area contributed by atoms with Gasteiger partial charge in [0.05, 0.1) is 18.8 Å². The zero-order valence-electron chi connectivity index (χ0n) is 11.1. The lowest BCUT2D eigenvalue weighted by Crippen LogP contribution is -2.31. The highest BCUT2D eigenvalue weighted by molar-refractivity contribution is 9.10. The van der Waals surface area contributed by atoms with Gasteiger partial charge in [0.15, 0.2) is 0 Å². The Morgan fingerprint density at radius 1 is 1.42 bits per heavy atom. The number of hydrogen-bond donors (Lipinski definition) is 1. The van der Waals surface area contributed by atoms with Crippen molar-refractivity contribution < 1.29 is 14.6 Å². The van der Waals surface area contributed by atoms with Crippen molar-refractivity contribution in [3.63, 3.8) is 0 Å². The molecule has 0 aliphatic carbocycles. The van der Waals surface area contributed by atoms with E-state index in [9.17, 15) is 5.11 Å². The molecule has 2 heterocycles. The molecule has 0 aromatic heterocycles. The van der Waals surface area contributed by atoms with E-state index in [2.05, 4.69) is 28.9 Å². The zero-order valence-corrected chi connectivity index (χ0v) is 12.6. The number of fused-ring (bicyclic) bond motifs is 1. The first kappa shape index (κ1) is 13.4. The molecule has 3 unspecified atom stereocenters. The van der Waals surface area contributed by atoms with Gasteiger partial charge in [-0.15, -0.1) is 0 Å². The zero-order chi connectivity index (χ0) is 13.4. The van der Waals surface area contributed by atoms with Crippen LogP contribution in [0.5, 0.6) is 5.75 Å². The first-order valence-corrected chi connectivity index (χ1v) is 7.68. The number of hydrogen-bond acceptors (Lipinski definition) is 3. The molecular weight excluding hydrogens is 308 g/mol. The summed E-state index contributed by atoms with van der Waals surface area (Å²) in [5, 5.41) is 10.4. The molecule has 4 heteroatoms. The van der Waals surface area contributed by atoms with Crippen LogP contribution in [0.4, 0.5) is 0 Å². The van der Waals surface area contributed by atoms with Crippen LogP contribution in [0.25, 0.3) is 0 Å². The molecule has 1 saturated heterocycles. The normalized spacial score (nSPS) is 27.1. The minimum absolute atomic E-state index is 0.0453. The second kappa shape index (κ2) is 5.43. The molecule has 3 nitrogen and oxygen atoms in total. The molecule has 3 atom stereocenters. The van der Waals surface area contributed by atoms with Gasteiger partial charge in [0.25, 0.3) is 0 Å². The third-order valence-electron chi connectivity index (χ3n) is 4.08. The van der Waals surface area contributed by atoms with E-state index in [1.807, 2.05) is 6.07 Å². The van der Waals surface area contributed by atoms with E-state index >= 15 is 0 Å². The highest BCUT2D eigenvalue weighted by Crippen LogP contribution is 2.35. The average Bonchev–Trinajstić information content (AvgIpc) is 2.97. The summed E-state index contributed by atoms with van der Waals surface area (Å²) in [7, 11) is 0. The lowest BCUT2D eigenvalue weighted by molar-refractivity contribution is -0.0159. The molecule has 0 spiro atoms. The molecule has 1 aromatic rings. The predicted molar refractivity (Wildman–Crippen MR) is 76.6 cm³/mol. The molecule has 0 bridgehead atoms. The first-order chi connectivity index (χ1) is 9.15. The Balaban J connectivity index is 1.79. The summed E-state index contributed by atoms with van der Waals surface area (Å²) < 4.78 is 12.4. The van der Waals surface area contributed by atoms with Crippen molar-refractivity contribution >= 4 is 15.9 Å². The number of aliphatic hydroxyl groups is 1. The van der Waals surface area contributed by atoms with Crippen LogP contribution in [0, 0.1) is 5.92 Å². The van der Waals surface area contributed by atoms with Gasteiger partial charge in [0, 0.05) is 23.9 Å². The Morgan fingerprint density at radius 3 is 3.00 bits per heavy atom. The maximum absolute atomic E-state index is 10.4. The van der Waals surface area contributed by atoms with Crippen LogP contribution in [0.1, 0.15) is 24.5 Å². The van der Waals surface area contributed by atoms with Crippen LogP contribution in [0.3, 0.4) is 0 Å².